The Labute approximate surface area is 93.6 Å². The molecule has 4 nitrogen and oxygen atoms in total. The molecule has 1 aromatic heterocycles. The molecule has 0 radical (unpaired) electrons. The molecule has 1 fully saturated rings. The summed E-state index contributed by atoms with van der Waals surface area (Å²) in [6.07, 6.45) is 3.70. The number of halogens is 1. The molecule has 0 saturated carbocycles. The molecule has 0 unspecified atom stereocenters. The second-order valence-corrected chi connectivity index (χ2v) is 3.87. The van der Waals surface area contributed by atoms with Crippen molar-refractivity contribution < 1.29 is 9.47 Å². The largest absolute Gasteiger partial charge is 0.477 e. The standard InChI is InChI=1S/C10H13ClN2O2/c11-10-12-4-1-9(13-10)15-7-8-2-5-14-6-3-8/h1,4,8H,2-3,5-7H2. The van der Waals surface area contributed by atoms with Gasteiger partial charge in [-0.3, -0.25) is 0 Å². The van der Waals surface area contributed by atoms with Crippen LogP contribution in [0.15, 0.2) is 12.3 Å². The average Bonchev–Trinajstić information content (AvgIpc) is 2.28. The van der Waals surface area contributed by atoms with Crippen LogP contribution in [0.4, 0.5) is 0 Å². The zero-order valence-corrected chi connectivity index (χ0v) is 9.11. The van der Waals surface area contributed by atoms with Crippen molar-refractivity contribution in [3.8, 4) is 5.88 Å². The SMILES string of the molecule is Clc1nccc(OCC2CCOCC2)n1. The highest BCUT2D eigenvalue weighted by Crippen LogP contribution is 2.16. The third kappa shape index (κ3) is 3.32. The minimum Gasteiger partial charge on any atom is -0.477 e. The van der Waals surface area contributed by atoms with Gasteiger partial charge in [-0.15, -0.1) is 0 Å². The van der Waals surface area contributed by atoms with Gasteiger partial charge in [0.1, 0.15) is 0 Å². The lowest BCUT2D eigenvalue weighted by atomic mass is 10.0. The summed E-state index contributed by atoms with van der Waals surface area (Å²) >= 11 is 5.64. The van der Waals surface area contributed by atoms with Crippen LogP contribution in [0, 0.1) is 5.92 Å². The fourth-order valence-electron chi connectivity index (χ4n) is 1.52. The molecule has 15 heavy (non-hydrogen) atoms. The Morgan fingerprint density at radius 2 is 2.27 bits per heavy atom. The van der Waals surface area contributed by atoms with Crippen LogP contribution in [0.3, 0.4) is 0 Å². The minimum atomic E-state index is 0.222. The summed E-state index contributed by atoms with van der Waals surface area (Å²) in [5.74, 6) is 1.11. The van der Waals surface area contributed by atoms with Gasteiger partial charge in [-0.25, -0.2) is 4.98 Å². The third-order valence-electron chi connectivity index (χ3n) is 2.41. The Morgan fingerprint density at radius 3 is 3.00 bits per heavy atom. The van der Waals surface area contributed by atoms with Crippen molar-refractivity contribution in [2.45, 2.75) is 12.8 Å². The highest BCUT2D eigenvalue weighted by atomic mass is 35.5. The number of rotatable bonds is 3. The van der Waals surface area contributed by atoms with E-state index in [0.29, 0.717) is 18.4 Å². The number of hydrogen-bond acceptors (Lipinski definition) is 4. The predicted octanol–water partition coefficient (Wildman–Crippen LogP) is 1.94. The van der Waals surface area contributed by atoms with E-state index in [1.54, 1.807) is 12.3 Å². The second kappa shape index (κ2) is 5.28. The molecule has 0 N–H and O–H groups in total. The van der Waals surface area contributed by atoms with Crippen molar-refractivity contribution in [2.24, 2.45) is 5.92 Å². The van der Waals surface area contributed by atoms with Gasteiger partial charge in [0.25, 0.3) is 0 Å². The first-order chi connectivity index (χ1) is 7.34. The summed E-state index contributed by atoms with van der Waals surface area (Å²) in [4.78, 5) is 7.75. The van der Waals surface area contributed by atoms with Gasteiger partial charge in [0.15, 0.2) is 0 Å². The molecular weight excluding hydrogens is 216 g/mol. The van der Waals surface area contributed by atoms with Crippen molar-refractivity contribution in [2.75, 3.05) is 19.8 Å². The van der Waals surface area contributed by atoms with E-state index in [1.807, 2.05) is 0 Å². The van der Waals surface area contributed by atoms with E-state index in [4.69, 9.17) is 21.1 Å². The van der Waals surface area contributed by atoms with Crippen molar-refractivity contribution in [1.82, 2.24) is 9.97 Å². The third-order valence-corrected chi connectivity index (χ3v) is 2.59. The van der Waals surface area contributed by atoms with E-state index in [1.165, 1.54) is 0 Å². The van der Waals surface area contributed by atoms with Crippen molar-refractivity contribution >= 4 is 11.6 Å². The van der Waals surface area contributed by atoms with Crippen LogP contribution in [0.25, 0.3) is 0 Å². The summed E-state index contributed by atoms with van der Waals surface area (Å²) in [7, 11) is 0. The fraction of sp³-hybridized carbons (Fsp3) is 0.600. The number of hydrogen-bond donors (Lipinski definition) is 0. The monoisotopic (exact) mass is 228 g/mol. The zero-order valence-electron chi connectivity index (χ0n) is 8.36. The topological polar surface area (TPSA) is 44.2 Å². The predicted molar refractivity (Wildman–Crippen MR) is 56.1 cm³/mol. The summed E-state index contributed by atoms with van der Waals surface area (Å²) in [5.41, 5.74) is 0. The minimum absolute atomic E-state index is 0.222. The molecule has 1 aromatic rings. The highest BCUT2D eigenvalue weighted by molar-refractivity contribution is 6.28. The number of nitrogens with zero attached hydrogens (tertiary/aromatic N) is 2. The van der Waals surface area contributed by atoms with Crippen molar-refractivity contribution in [1.29, 1.82) is 0 Å². The fourth-order valence-corrected chi connectivity index (χ4v) is 1.66. The maximum absolute atomic E-state index is 5.64. The van der Waals surface area contributed by atoms with E-state index in [9.17, 15) is 0 Å². The van der Waals surface area contributed by atoms with Gasteiger partial charge in [0.05, 0.1) is 6.61 Å². The molecule has 2 heterocycles. The van der Waals surface area contributed by atoms with Gasteiger partial charge in [0.2, 0.25) is 11.2 Å². The smallest absolute Gasteiger partial charge is 0.225 e. The Hall–Kier alpha value is -0.870. The first-order valence-electron chi connectivity index (χ1n) is 5.03. The molecule has 82 valence electrons. The van der Waals surface area contributed by atoms with Crippen LogP contribution in [-0.2, 0) is 4.74 Å². The maximum Gasteiger partial charge on any atom is 0.225 e. The Balaban J connectivity index is 1.81. The lowest BCUT2D eigenvalue weighted by Gasteiger charge is -2.21. The molecule has 0 atom stereocenters. The summed E-state index contributed by atoms with van der Waals surface area (Å²) < 4.78 is 10.8. The normalized spacial score (nSPS) is 17.7. The lowest BCUT2D eigenvalue weighted by molar-refractivity contribution is 0.0490. The lowest BCUT2D eigenvalue weighted by Crippen LogP contribution is -2.21. The second-order valence-electron chi connectivity index (χ2n) is 3.53. The average molecular weight is 229 g/mol. The zero-order chi connectivity index (χ0) is 10.5. The van der Waals surface area contributed by atoms with Crippen LogP contribution >= 0.6 is 11.6 Å². The van der Waals surface area contributed by atoms with Gasteiger partial charge < -0.3 is 9.47 Å². The van der Waals surface area contributed by atoms with Gasteiger partial charge in [-0.1, -0.05) is 0 Å². The molecule has 0 aliphatic carbocycles. The first-order valence-corrected chi connectivity index (χ1v) is 5.41. The van der Waals surface area contributed by atoms with E-state index >= 15 is 0 Å². The molecule has 1 aliphatic rings. The van der Waals surface area contributed by atoms with E-state index in [-0.39, 0.29) is 5.28 Å². The molecule has 1 saturated heterocycles. The van der Waals surface area contributed by atoms with E-state index < -0.39 is 0 Å². The van der Waals surface area contributed by atoms with Crippen LogP contribution in [0.5, 0.6) is 5.88 Å². The molecular formula is C10H13ClN2O2. The molecule has 0 aromatic carbocycles. The molecule has 0 spiro atoms. The highest BCUT2D eigenvalue weighted by Gasteiger charge is 2.14. The van der Waals surface area contributed by atoms with Crippen LogP contribution in [-0.4, -0.2) is 29.8 Å². The quantitative estimate of drug-likeness (QED) is 0.742. The van der Waals surface area contributed by atoms with Gasteiger partial charge in [-0.05, 0) is 30.4 Å². The Bertz CT molecular complexity index is 316. The molecule has 0 bridgehead atoms. The van der Waals surface area contributed by atoms with Gasteiger partial charge >= 0.3 is 0 Å². The van der Waals surface area contributed by atoms with E-state index in [0.717, 1.165) is 26.1 Å². The van der Waals surface area contributed by atoms with Gasteiger partial charge in [0, 0.05) is 25.5 Å². The number of aromatic nitrogens is 2. The first kappa shape index (κ1) is 10.6. The molecule has 5 heteroatoms. The van der Waals surface area contributed by atoms with Crippen LogP contribution < -0.4 is 4.74 Å². The van der Waals surface area contributed by atoms with Crippen LogP contribution in [0.1, 0.15) is 12.8 Å². The molecule has 2 rings (SSSR count). The van der Waals surface area contributed by atoms with Crippen molar-refractivity contribution in [3.63, 3.8) is 0 Å². The Kier molecular flexibility index (Phi) is 3.75. The van der Waals surface area contributed by atoms with Gasteiger partial charge in [-0.2, -0.15) is 4.98 Å². The summed E-state index contributed by atoms with van der Waals surface area (Å²) in [6, 6.07) is 1.71. The Morgan fingerprint density at radius 1 is 1.47 bits per heavy atom. The van der Waals surface area contributed by atoms with Crippen molar-refractivity contribution in [3.05, 3.63) is 17.5 Å². The molecule has 0 amide bonds. The maximum atomic E-state index is 5.64. The van der Waals surface area contributed by atoms with E-state index in [2.05, 4.69) is 9.97 Å². The molecule has 1 aliphatic heterocycles. The summed E-state index contributed by atoms with van der Waals surface area (Å²) in [6.45, 7) is 2.34. The summed E-state index contributed by atoms with van der Waals surface area (Å²) in [5, 5.41) is 0.222. The number of ether oxygens (including phenoxy) is 2. The van der Waals surface area contributed by atoms with Crippen LogP contribution in [0.2, 0.25) is 5.28 Å².